The maximum Gasteiger partial charge on any atom is 0.338 e. The second-order valence-electron chi connectivity index (χ2n) is 6.62. The fourth-order valence-corrected chi connectivity index (χ4v) is 3.26. The lowest BCUT2D eigenvalue weighted by Crippen LogP contribution is -2.05. The van der Waals surface area contributed by atoms with Crippen LogP contribution in [0.5, 0.6) is 0 Å². The molecule has 5 heteroatoms. The number of aromatic nitrogens is 1. The Kier molecular flexibility index (Phi) is 6.00. The number of carbonyl (C=O) groups is 1. The number of rotatable bonds is 5. The number of halogens is 1. The van der Waals surface area contributed by atoms with E-state index >= 15 is 0 Å². The molecule has 0 fully saturated rings. The van der Waals surface area contributed by atoms with Crippen molar-refractivity contribution in [3.63, 3.8) is 0 Å². The molecule has 3 aromatic rings. The molecule has 2 aromatic carbocycles. The van der Waals surface area contributed by atoms with Crippen LogP contribution in [-0.4, -0.2) is 23.4 Å². The Morgan fingerprint density at radius 1 is 1.11 bits per heavy atom. The van der Waals surface area contributed by atoms with Gasteiger partial charge in [-0.1, -0.05) is 17.7 Å². The molecule has 0 aliphatic rings. The third kappa shape index (κ3) is 4.18. The predicted molar refractivity (Wildman–Crippen MR) is 115 cm³/mol. The smallest absolute Gasteiger partial charge is 0.338 e. The predicted octanol–water partition coefficient (Wildman–Crippen LogP) is 5.98. The highest BCUT2D eigenvalue weighted by Crippen LogP contribution is 2.24. The number of esters is 1. The van der Waals surface area contributed by atoms with Crippen LogP contribution in [0.3, 0.4) is 0 Å². The second kappa shape index (κ2) is 8.44. The molecule has 0 saturated carbocycles. The number of ether oxygens (including phenoxy) is 1. The quantitative estimate of drug-likeness (QED) is 0.394. The van der Waals surface area contributed by atoms with Gasteiger partial charge >= 0.3 is 5.97 Å². The fourth-order valence-electron chi connectivity index (χ4n) is 3.08. The highest BCUT2D eigenvalue weighted by atomic mass is 35.5. The van der Waals surface area contributed by atoms with E-state index in [2.05, 4.69) is 22.5 Å². The van der Waals surface area contributed by atoms with E-state index < -0.39 is 0 Å². The zero-order valence-electron chi connectivity index (χ0n) is 16.5. The summed E-state index contributed by atoms with van der Waals surface area (Å²) < 4.78 is 7.18. The molecule has 0 saturated heterocycles. The lowest BCUT2D eigenvalue weighted by atomic mass is 10.2. The van der Waals surface area contributed by atoms with E-state index in [1.165, 1.54) is 0 Å². The topological polar surface area (TPSA) is 43.6 Å². The first-order chi connectivity index (χ1) is 13.4. The molecule has 0 spiro atoms. The molecule has 144 valence electrons. The van der Waals surface area contributed by atoms with Crippen molar-refractivity contribution < 1.29 is 9.53 Å². The van der Waals surface area contributed by atoms with Gasteiger partial charge in [-0.05, 0) is 75.7 Å². The molecule has 0 amide bonds. The first kappa shape index (κ1) is 19.9. The van der Waals surface area contributed by atoms with Gasteiger partial charge < -0.3 is 9.30 Å². The summed E-state index contributed by atoms with van der Waals surface area (Å²) in [6.45, 7) is 8.23. The molecule has 0 bridgehead atoms. The Labute approximate surface area is 170 Å². The van der Waals surface area contributed by atoms with Gasteiger partial charge in [0.15, 0.2) is 0 Å². The van der Waals surface area contributed by atoms with E-state index in [1.54, 1.807) is 19.1 Å². The van der Waals surface area contributed by atoms with Crippen LogP contribution in [-0.2, 0) is 4.74 Å². The number of hydrogen-bond acceptors (Lipinski definition) is 3. The van der Waals surface area contributed by atoms with Crippen LogP contribution in [0.1, 0.15) is 39.8 Å². The number of aryl methyl sites for hydroxylation is 2. The Morgan fingerprint density at radius 2 is 1.82 bits per heavy atom. The van der Waals surface area contributed by atoms with Crippen LogP contribution < -0.4 is 0 Å². The Hall–Kier alpha value is -2.85. The third-order valence-corrected chi connectivity index (χ3v) is 5.02. The van der Waals surface area contributed by atoms with E-state index in [1.807, 2.05) is 50.4 Å². The third-order valence-electron chi connectivity index (χ3n) is 4.62. The summed E-state index contributed by atoms with van der Waals surface area (Å²) in [5.41, 5.74) is 6.58. The molecule has 1 aromatic heterocycles. The molecule has 0 unspecified atom stereocenters. The summed E-state index contributed by atoms with van der Waals surface area (Å²) in [4.78, 5) is 16.4. The molecule has 0 atom stereocenters. The number of hydrogen-bond donors (Lipinski definition) is 0. The van der Waals surface area contributed by atoms with Gasteiger partial charge in [-0.15, -0.1) is 0 Å². The van der Waals surface area contributed by atoms with Gasteiger partial charge in [-0.3, -0.25) is 4.99 Å². The van der Waals surface area contributed by atoms with E-state index in [4.69, 9.17) is 16.3 Å². The Morgan fingerprint density at radius 3 is 2.46 bits per heavy atom. The fraction of sp³-hybridized carbons (Fsp3) is 0.217. The van der Waals surface area contributed by atoms with Crippen molar-refractivity contribution in [2.75, 3.05) is 6.61 Å². The van der Waals surface area contributed by atoms with Gasteiger partial charge in [0, 0.05) is 33.9 Å². The van der Waals surface area contributed by atoms with Crippen molar-refractivity contribution in [3.8, 4) is 5.69 Å². The van der Waals surface area contributed by atoms with Crippen LogP contribution in [0, 0.1) is 20.8 Å². The molecule has 0 N–H and O–H groups in total. The highest BCUT2D eigenvalue weighted by Gasteiger charge is 2.11. The van der Waals surface area contributed by atoms with Crippen molar-refractivity contribution >= 4 is 29.5 Å². The van der Waals surface area contributed by atoms with Crippen molar-refractivity contribution in [2.45, 2.75) is 27.7 Å². The zero-order chi connectivity index (χ0) is 20.3. The van der Waals surface area contributed by atoms with Gasteiger partial charge in [0.05, 0.1) is 17.9 Å². The Balaban J connectivity index is 1.88. The van der Waals surface area contributed by atoms with Crippen LogP contribution in [0.25, 0.3) is 5.69 Å². The maximum atomic E-state index is 11.8. The number of nitrogens with zero attached hydrogens (tertiary/aromatic N) is 2. The molecule has 0 aliphatic carbocycles. The average molecular weight is 395 g/mol. The van der Waals surface area contributed by atoms with E-state index in [0.29, 0.717) is 17.2 Å². The van der Waals surface area contributed by atoms with E-state index in [-0.39, 0.29) is 5.97 Å². The van der Waals surface area contributed by atoms with Crippen molar-refractivity contribution in [2.24, 2.45) is 4.99 Å². The summed E-state index contributed by atoms with van der Waals surface area (Å²) in [5, 5.41) is 0.710. The van der Waals surface area contributed by atoms with Crippen LogP contribution >= 0.6 is 11.6 Å². The average Bonchev–Trinajstić information content (AvgIpc) is 2.96. The first-order valence-electron chi connectivity index (χ1n) is 9.17. The minimum Gasteiger partial charge on any atom is -0.462 e. The Bertz CT molecular complexity index is 1030. The van der Waals surface area contributed by atoms with Crippen LogP contribution in [0.2, 0.25) is 5.02 Å². The molecule has 3 rings (SSSR count). The van der Waals surface area contributed by atoms with Gasteiger partial charge in [0.25, 0.3) is 0 Å². The van der Waals surface area contributed by atoms with Crippen molar-refractivity contribution in [1.29, 1.82) is 0 Å². The minimum absolute atomic E-state index is 0.306. The zero-order valence-corrected chi connectivity index (χ0v) is 17.2. The molecule has 28 heavy (non-hydrogen) atoms. The lowest BCUT2D eigenvalue weighted by molar-refractivity contribution is 0.0526. The summed E-state index contributed by atoms with van der Waals surface area (Å²) in [6, 6.07) is 15.3. The van der Waals surface area contributed by atoms with Gasteiger partial charge in [0.1, 0.15) is 0 Å². The molecular weight excluding hydrogens is 372 g/mol. The normalized spacial score (nSPS) is 11.2. The molecule has 0 aliphatic heterocycles. The van der Waals surface area contributed by atoms with Crippen LogP contribution in [0.4, 0.5) is 5.69 Å². The maximum absolute atomic E-state index is 11.8. The molecule has 1 heterocycles. The van der Waals surface area contributed by atoms with Crippen molar-refractivity contribution in [3.05, 3.63) is 81.6 Å². The monoisotopic (exact) mass is 394 g/mol. The second-order valence-corrected chi connectivity index (χ2v) is 7.03. The van der Waals surface area contributed by atoms with Gasteiger partial charge in [-0.25, -0.2) is 4.79 Å². The standard InChI is InChI=1S/C23H23ClN2O2/c1-5-28-23(27)18-7-10-21(11-8-18)26-16(3)12-19(17(26)4)14-25-20-9-6-15(2)22(24)13-20/h6-14H,5H2,1-4H3. The van der Waals surface area contributed by atoms with Crippen molar-refractivity contribution in [1.82, 2.24) is 4.57 Å². The SMILES string of the molecule is CCOC(=O)c1ccc(-n2c(C)cc(C=Nc3ccc(C)c(Cl)c3)c2C)cc1. The summed E-state index contributed by atoms with van der Waals surface area (Å²) in [7, 11) is 0. The number of carbonyl (C=O) groups excluding carboxylic acids is 1. The van der Waals surface area contributed by atoms with E-state index in [0.717, 1.165) is 33.9 Å². The first-order valence-corrected chi connectivity index (χ1v) is 9.55. The highest BCUT2D eigenvalue weighted by molar-refractivity contribution is 6.31. The van der Waals surface area contributed by atoms with Crippen LogP contribution in [0.15, 0.2) is 53.5 Å². The lowest BCUT2D eigenvalue weighted by Gasteiger charge is -2.10. The minimum atomic E-state index is -0.306. The van der Waals surface area contributed by atoms with E-state index in [9.17, 15) is 4.79 Å². The van der Waals surface area contributed by atoms with Gasteiger partial charge in [-0.2, -0.15) is 0 Å². The number of benzene rings is 2. The molecule has 0 radical (unpaired) electrons. The largest absolute Gasteiger partial charge is 0.462 e. The molecular formula is C23H23ClN2O2. The summed E-state index contributed by atoms with van der Waals surface area (Å²) >= 11 is 6.18. The summed E-state index contributed by atoms with van der Waals surface area (Å²) in [5.74, 6) is -0.306. The molecule has 4 nitrogen and oxygen atoms in total. The van der Waals surface area contributed by atoms with Gasteiger partial charge in [0.2, 0.25) is 0 Å². The number of aliphatic imine (C=N–C) groups is 1. The summed E-state index contributed by atoms with van der Waals surface area (Å²) in [6.07, 6.45) is 1.85.